The maximum Gasteiger partial charge on any atom is 0.122 e. The molecule has 3 rings (SSSR count). The van der Waals surface area contributed by atoms with Gasteiger partial charge in [-0.05, 0) is 59.7 Å². The van der Waals surface area contributed by atoms with Gasteiger partial charge in [-0.2, -0.15) is 0 Å². The summed E-state index contributed by atoms with van der Waals surface area (Å²) >= 11 is 3.48. The van der Waals surface area contributed by atoms with Crippen molar-refractivity contribution in [3.63, 3.8) is 0 Å². The van der Waals surface area contributed by atoms with E-state index in [2.05, 4.69) is 34.1 Å². The molecule has 0 saturated carbocycles. The highest BCUT2D eigenvalue weighted by molar-refractivity contribution is 9.10. The number of aliphatic hydroxyl groups excluding tert-OH is 1. The molecule has 0 spiro atoms. The van der Waals surface area contributed by atoms with Crippen molar-refractivity contribution >= 4 is 15.9 Å². The number of aliphatic hydroxyl groups is 1. The van der Waals surface area contributed by atoms with Gasteiger partial charge in [0.05, 0.1) is 13.2 Å². The van der Waals surface area contributed by atoms with Crippen molar-refractivity contribution < 1.29 is 9.84 Å². The van der Waals surface area contributed by atoms with Gasteiger partial charge >= 0.3 is 0 Å². The Morgan fingerprint density at radius 2 is 1.95 bits per heavy atom. The quantitative estimate of drug-likeness (QED) is 0.897. The standard InChI is InChI=1S/C18H19BrO2/c1-21-18-8-7-16(19)10-15(18)11-17(20)14-6-5-12-3-2-4-13(12)9-14/h5-10,17,20H,2-4,11H2,1H3. The smallest absolute Gasteiger partial charge is 0.122 e. The van der Waals surface area contributed by atoms with E-state index in [1.807, 2.05) is 18.2 Å². The van der Waals surface area contributed by atoms with Crippen LogP contribution in [0, 0.1) is 0 Å². The molecule has 110 valence electrons. The first-order valence-corrected chi connectivity index (χ1v) is 8.09. The van der Waals surface area contributed by atoms with Crippen molar-refractivity contribution in [1.82, 2.24) is 0 Å². The van der Waals surface area contributed by atoms with Gasteiger partial charge in [-0.1, -0.05) is 34.1 Å². The highest BCUT2D eigenvalue weighted by Crippen LogP contribution is 2.30. The van der Waals surface area contributed by atoms with E-state index >= 15 is 0 Å². The lowest BCUT2D eigenvalue weighted by molar-refractivity contribution is 0.177. The zero-order valence-corrected chi connectivity index (χ0v) is 13.7. The molecule has 0 aliphatic heterocycles. The first-order valence-electron chi connectivity index (χ1n) is 7.29. The van der Waals surface area contributed by atoms with Gasteiger partial charge in [-0.3, -0.25) is 0 Å². The van der Waals surface area contributed by atoms with Crippen LogP contribution in [0.4, 0.5) is 0 Å². The van der Waals surface area contributed by atoms with Crippen LogP contribution in [0.15, 0.2) is 40.9 Å². The van der Waals surface area contributed by atoms with Crippen LogP contribution in [0.25, 0.3) is 0 Å². The van der Waals surface area contributed by atoms with E-state index in [1.54, 1.807) is 7.11 Å². The summed E-state index contributed by atoms with van der Waals surface area (Å²) in [6.45, 7) is 0. The number of hydrogen-bond donors (Lipinski definition) is 1. The van der Waals surface area contributed by atoms with Gasteiger partial charge in [0.15, 0.2) is 0 Å². The minimum Gasteiger partial charge on any atom is -0.496 e. The number of fused-ring (bicyclic) bond motifs is 1. The summed E-state index contributed by atoms with van der Waals surface area (Å²) in [7, 11) is 1.66. The lowest BCUT2D eigenvalue weighted by Gasteiger charge is -2.15. The largest absolute Gasteiger partial charge is 0.496 e. The van der Waals surface area contributed by atoms with E-state index in [0.29, 0.717) is 6.42 Å². The van der Waals surface area contributed by atoms with Crippen LogP contribution in [0.1, 0.15) is 34.8 Å². The third-order valence-corrected chi connectivity index (χ3v) is 4.66. The van der Waals surface area contributed by atoms with Crippen LogP contribution >= 0.6 is 15.9 Å². The Balaban J connectivity index is 1.83. The zero-order valence-electron chi connectivity index (χ0n) is 12.1. The molecule has 2 nitrogen and oxygen atoms in total. The van der Waals surface area contributed by atoms with Crippen molar-refractivity contribution in [3.05, 3.63) is 63.1 Å². The number of halogens is 1. The Hall–Kier alpha value is -1.32. The number of hydrogen-bond acceptors (Lipinski definition) is 2. The summed E-state index contributed by atoms with van der Waals surface area (Å²) in [5.74, 6) is 0.818. The van der Waals surface area contributed by atoms with E-state index in [-0.39, 0.29) is 0 Å². The Labute approximate surface area is 133 Å². The zero-order chi connectivity index (χ0) is 14.8. The van der Waals surface area contributed by atoms with Crippen molar-refractivity contribution in [3.8, 4) is 5.75 Å². The third kappa shape index (κ3) is 3.14. The highest BCUT2D eigenvalue weighted by atomic mass is 79.9. The maximum absolute atomic E-state index is 10.5. The molecule has 0 heterocycles. The van der Waals surface area contributed by atoms with Gasteiger partial charge in [-0.25, -0.2) is 0 Å². The molecule has 3 heteroatoms. The monoisotopic (exact) mass is 346 g/mol. The van der Waals surface area contributed by atoms with Gasteiger partial charge in [0.1, 0.15) is 5.75 Å². The van der Waals surface area contributed by atoms with Gasteiger partial charge < -0.3 is 9.84 Å². The molecular formula is C18H19BrO2. The van der Waals surface area contributed by atoms with E-state index in [4.69, 9.17) is 4.74 Å². The van der Waals surface area contributed by atoms with E-state index < -0.39 is 6.10 Å². The second-order valence-corrected chi connectivity index (χ2v) is 6.47. The summed E-state index contributed by atoms with van der Waals surface area (Å²) < 4.78 is 6.38. The van der Waals surface area contributed by atoms with Crippen LogP contribution in [0.5, 0.6) is 5.75 Å². The number of aryl methyl sites for hydroxylation is 2. The number of rotatable bonds is 4. The predicted octanol–water partition coefficient (Wildman–Crippen LogP) is 4.22. The molecule has 1 N–H and O–H groups in total. The molecule has 0 bridgehead atoms. The fourth-order valence-corrected chi connectivity index (χ4v) is 3.44. The summed E-state index contributed by atoms with van der Waals surface area (Å²) in [4.78, 5) is 0. The fraction of sp³-hybridized carbons (Fsp3) is 0.333. The Morgan fingerprint density at radius 1 is 1.14 bits per heavy atom. The second-order valence-electron chi connectivity index (χ2n) is 5.56. The molecule has 0 radical (unpaired) electrons. The van der Waals surface area contributed by atoms with Crippen molar-refractivity contribution in [2.75, 3.05) is 7.11 Å². The molecule has 0 fully saturated rings. The summed E-state index contributed by atoms with van der Waals surface area (Å²) in [5, 5.41) is 10.5. The van der Waals surface area contributed by atoms with Gasteiger partial charge in [-0.15, -0.1) is 0 Å². The van der Waals surface area contributed by atoms with Crippen LogP contribution in [-0.2, 0) is 19.3 Å². The predicted molar refractivity (Wildman–Crippen MR) is 87.8 cm³/mol. The Morgan fingerprint density at radius 3 is 2.76 bits per heavy atom. The van der Waals surface area contributed by atoms with Gasteiger partial charge in [0.2, 0.25) is 0 Å². The van der Waals surface area contributed by atoms with E-state index in [1.165, 1.54) is 24.0 Å². The molecule has 1 aliphatic rings. The van der Waals surface area contributed by atoms with E-state index in [9.17, 15) is 5.11 Å². The fourth-order valence-electron chi connectivity index (χ4n) is 3.03. The summed E-state index contributed by atoms with van der Waals surface area (Å²) in [5.41, 5.74) is 4.84. The van der Waals surface area contributed by atoms with Gasteiger partial charge in [0, 0.05) is 10.9 Å². The molecule has 2 aromatic rings. The highest BCUT2D eigenvalue weighted by Gasteiger charge is 2.16. The number of methoxy groups -OCH3 is 1. The molecule has 0 aromatic heterocycles. The van der Waals surface area contributed by atoms with Crippen molar-refractivity contribution in [2.45, 2.75) is 31.8 Å². The molecule has 1 atom stereocenters. The Kier molecular flexibility index (Phi) is 4.32. The van der Waals surface area contributed by atoms with E-state index in [0.717, 1.165) is 27.8 Å². The number of benzene rings is 2. The summed E-state index contributed by atoms with van der Waals surface area (Å²) in [6, 6.07) is 12.3. The van der Waals surface area contributed by atoms with Crippen molar-refractivity contribution in [2.24, 2.45) is 0 Å². The minimum absolute atomic E-state index is 0.501. The lowest BCUT2D eigenvalue weighted by atomic mass is 9.97. The maximum atomic E-state index is 10.5. The lowest BCUT2D eigenvalue weighted by Crippen LogP contribution is -2.04. The second kappa shape index (κ2) is 6.20. The first kappa shape index (κ1) is 14.6. The topological polar surface area (TPSA) is 29.5 Å². The molecular weight excluding hydrogens is 328 g/mol. The normalized spacial score (nSPS) is 14.8. The molecule has 1 aliphatic carbocycles. The van der Waals surface area contributed by atoms with Crippen LogP contribution < -0.4 is 4.74 Å². The Bertz CT molecular complexity index is 652. The first-order chi connectivity index (χ1) is 10.2. The number of ether oxygens (including phenoxy) is 1. The average molecular weight is 347 g/mol. The molecule has 0 saturated heterocycles. The molecule has 1 unspecified atom stereocenters. The van der Waals surface area contributed by atoms with Crippen molar-refractivity contribution in [1.29, 1.82) is 0 Å². The summed E-state index contributed by atoms with van der Waals surface area (Å²) in [6.07, 6.45) is 3.59. The third-order valence-electron chi connectivity index (χ3n) is 4.16. The minimum atomic E-state index is -0.501. The van der Waals surface area contributed by atoms with Crippen LogP contribution in [0.2, 0.25) is 0 Å². The SMILES string of the molecule is COc1ccc(Br)cc1CC(O)c1ccc2c(c1)CCC2. The molecule has 2 aromatic carbocycles. The molecule has 0 amide bonds. The molecule has 21 heavy (non-hydrogen) atoms. The van der Waals surface area contributed by atoms with Crippen LogP contribution in [0.3, 0.4) is 0 Å². The average Bonchev–Trinajstić information content (AvgIpc) is 2.94. The van der Waals surface area contributed by atoms with Gasteiger partial charge in [0.25, 0.3) is 0 Å². The van der Waals surface area contributed by atoms with Crippen LogP contribution in [-0.4, -0.2) is 12.2 Å².